The van der Waals surface area contributed by atoms with Crippen LogP contribution >= 0.6 is 12.2 Å². The molecule has 0 spiro atoms. The molecule has 2 rings (SSSR count). The highest BCUT2D eigenvalue weighted by Gasteiger charge is 2.11. The monoisotopic (exact) mass is 303 g/mol. The topological polar surface area (TPSA) is 97.5 Å². The summed E-state index contributed by atoms with van der Waals surface area (Å²) in [5.74, 6) is -0.100. The third-order valence-electron chi connectivity index (χ3n) is 2.52. The molecule has 0 fully saturated rings. The van der Waals surface area contributed by atoms with Crippen LogP contribution in [0, 0.1) is 0 Å². The van der Waals surface area contributed by atoms with Crippen molar-refractivity contribution >= 4 is 28.8 Å². The van der Waals surface area contributed by atoms with Gasteiger partial charge < -0.3 is 20.9 Å². The second-order valence-corrected chi connectivity index (χ2v) is 4.65. The fraction of sp³-hybridized carbons (Fsp3) is 0.0714. The number of nitrogens with two attached hydrogens (primary N) is 1. The van der Waals surface area contributed by atoms with Gasteiger partial charge in [-0.15, -0.1) is 0 Å². The van der Waals surface area contributed by atoms with Gasteiger partial charge in [0.2, 0.25) is 0 Å². The normalized spacial score (nSPS) is 9.90. The van der Waals surface area contributed by atoms with Crippen LogP contribution in [0.25, 0.3) is 0 Å². The molecule has 7 heteroatoms. The smallest absolute Gasteiger partial charge is 0.259 e. The van der Waals surface area contributed by atoms with E-state index in [2.05, 4.69) is 10.3 Å². The van der Waals surface area contributed by atoms with Gasteiger partial charge in [0, 0.05) is 18.0 Å². The average Bonchev–Trinajstić information content (AvgIpc) is 2.46. The van der Waals surface area contributed by atoms with Gasteiger partial charge in [0.05, 0.1) is 11.8 Å². The molecular weight excluding hydrogens is 290 g/mol. The number of carbonyl (C=O) groups excluding carboxylic acids is 1. The maximum atomic E-state index is 12.0. The van der Waals surface area contributed by atoms with Crippen molar-refractivity contribution in [2.24, 2.45) is 5.73 Å². The molecule has 0 saturated carbocycles. The summed E-state index contributed by atoms with van der Waals surface area (Å²) < 4.78 is 5.34. The lowest BCUT2D eigenvalue weighted by Gasteiger charge is -2.09. The van der Waals surface area contributed by atoms with Crippen molar-refractivity contribution in [3.63, 3.8) is 0 Å². The number of thiocarbonyl (C=S) groups is 1. The van der Waals surface area contributed by atoms with Crippen LogP contribution in [0.4, 0.5) is 5.69 Å². The van der Waals surface area contributed by atoms with Gasteiger partial charge in [-0.3, -0.25) is 9.78 Å². The minimum atomic E-state index is -0.443. The zero-order chi connectivity index (χ0) is 15.2. The van der Waals surface area contributed by atoms with Crippen molar-refractivity contribution < 1.29 is 14.6 Å². The summed E-state index contributed by atoms with van der Waals surface area (Å²) in [7, 11) is 0. The number of benzene rings is 1. The Kier molecular flexibility index (Phi) is 4.68. The lowest BCUT2D eigenvalue weighted by molar-refractivity contribution is 0.102. The molecule has 0 aliphatic rings. The highest BCUT2D eigenvalue weighted by molar-refractivity contribution is 7.80. The molecule has 1 amide bonds. The largest absolute Gasteiger partial charge is 0.505 e. The van der Waals surface area contributed by atoms with Crippen LogP contribution in [-0.2, 0) is 0 Å². The lowest BCUT2D eigenvalue weighted by Crippen LogP contribution is -2.18. The number of nitrogens with zero attached hydrogens (tertiary/aromatic N) is 1. The predicted molar refractivity (Wildman–Crippen MR) is 82.6 cm³/mol. The van der Waals surface area contributed by atoms with Gasteiger partial charge in [-0.25, -0.2) is 0 Å². The molecule has 21 heavy (non-hydrogen) atoms. The Labute approximate surface area is 126 Å². The van der Waals surface area contributed by atoms with Crippen LogP contribution in [0.5, 0.6) is 11.5 Å². The van der Waals surface area contributed by atoms with Crippen LogP contribution in [-0.4, -0.2) is 27.6 Å². The van der Waals surface area contributed by atoms with Gasteiger partial charge in [-0.1, -0.05) is 18.3 Å². The van der Waals surface area contributed by atoms with E-state index >= 15 is 0 Å². The molecule has 1 aromatic heterocycles. The number of anilines is 1. The summed E-state index contributed by atoms with van der Waals surface area (Å²) in [5.41, 5.74) is 6.02. The maximum absolute atomic E-state index is 12.0. The number of hydrogen-bond acceptors (Lipinski definition) is 5. The zero-order valence-corrected chi connectivity index (χ0v) is 11.8. The van der Waals surface area contributed by atoms with Crippen molar-refractivity contribution in [3.8, 4) is 11.5 Å². The van der Waals surface area contributed by atoms with Gasteiger partial charge in [0.1, 0.15) is 23.1 Å². The summed E-state index contributed by atoms with van der Waals surface area (Å²) >= 11 is 4.73. The summed E-state index contributed by atoms with van der Waals surface area (Å²) in [4.78, 5) is 16.0. The van der Waals surface area contributed by atoms with Gasteiger partial charge in [0.15, 0.2) is 0 Å². The Hall–Kier alpha value is -2.67. The van der Waals surface area contributed by atoms with Gasteiger partial charge in [-0.05, 0) is 18.2 Å². The molecule has 4 N–H and O–H groups in total. The van der Waals surface area contributed by atoms with E-state index in [1.165, 1.54) is 18.5 Å². The number of hydrogen-bond donors (Lipinski definition) is 3. The van der Waals surface area contributed by atoms with E-state index in [0.717, 1.165) is 0 Å². The number of rotatable bonds is 5. The Bertz CT molecular complexity index is 676. The fourth-order valence-electron chi connectivity index (χ4n) is 1.59. The minimum absolute atomic E-state index is 0.123. The average molecular weight is 303 g/mol. The second-order valence-electron chi connectivity index (χ2n) is 4.13. The molecule has 1 aromatic carbocycles. The van der Waals surface area contributed by atoms with Crippen molar-refractivity contribution in [2.45, 2.75) is 0 Å². The highest BCUT2D eigenvalue weighted by atomic mass is 32.1. The number of nitrogens with one attached hydrogen (secondary N) is 1. The number of aromatic hydroxyl groups is 1. The van der Waals surface area contributed by atoms with Gasteiger partial charge >= 0.3 is 0 Å². The second kappa shape index (κ2) is 6.67. The maximum Gasteiger partial charge on any atom is 0.259 e. The number of pyridine rings is 1. The number of carbonyl (C=O) groups is 1. The first kappa shape index (κ1) is 14.7. The first-order valence-electron chi connectivity index (χ1n) is 6.02. The fourth-order valence-corrected chi connectivity index (χ4v) is 1.65. The van der Waals surface area contributed by atoms with Gasteiger partial charge in [0.25, 0.3) is 5.91 Å². The predicted octanol–water partition coefficient (Wildman–Crippen LogP) is 1.70. The highest BCUT2D eigenvalue weighted by Crippen LogP contribution is 2.20. The molecule has 2 aromatic rings. The molecule has 1 heterocycles. The van der Waals surface area contributed by atoms with E-state index in [-0.39, 0.29) is 22.9 Å². The molecular formula is C14H13N3O3S. The summed E-state index contributed by atoms with van der Waals surface area (Å²) in [6, 6.07) is 8.20. The van der Waals surface area contributed by atoms with E-state index in [0.29, 0.717) is 11.4 Å². The minimum Gasteiger partial charge on any atom is -0.505 e. The Morgan fingerprint density at radius 2 is 2.24 bits per heavy atom. The van der Waals surface area contributed by atoms with Crippen molar-refractivity contribution in [1.82, 2.24) is 4.98 Å². The zero-order valence-electron chi connectivity index (χ0n) is 10.9. The Balaban J connectivity index is 2.09. The summed E-state index contributed by atoms with van der Waals surface area (Å²) in [6.07, 6.45) is 2.63. The van der Waals surface area contributed by atoms with Crippen molar-refractivity contribution in [3.05, 3.63) is 48.3 Å². The summed E-state index contributed by atoms with van der Waals surface area (Å²) in [6.45, 7) is 0.123. The lowest BCUT2D eigenvalue weighted by atomic mass is 10.2. The summed E-state index contributed by atoms with van der Waals surface area (Å²) in [5, 5.41) is 12.2. The van der Waals surface area contributed by atoms with Crippen LogP contribution in [0.2, 0.25) is 0 Å². The molecule has 0 aliphatic heterocycles. The van der Waals surface area contributed by atoms with E-state index in [9.17, 15) is 9.90 Å². The Morgan fingerprint density at radius 3 is 2.95 bits per heavy atom. The van der Waals surface area contributed by atoms with Crippen molar-refractivity contribution in [2.75, 3.05) is 11.9 Å². The van der Waals surface area contributed by atoms with Crippen molar-refractivity contribution in [1.29, 1.82) is 0 Å². The van der Waals surface area contributed by atoms with Gasteiger partial charge in [-0.2, -0.15) is 0 Å². The number of amides is 1. The van der Waals surface area contributed by atoms with E-state index < -0.39 is 5.91 Å². The molecule has 0 bridgehead atoms. The molecule has 0 aliphatic carbocycles. The van der Waals surface area contributed by atoms with Crippen LogP contribution in [0.1, 0.15) is 10.4 Å². The molecule has 0 atom stereocenters. The molecule has 6 nitrogen and oxygen atoms in total. The van der Waals surface area contributed by atoms with E-state index in [4.69, 9.17) is 22.7 Å². The van der Waals surface area contributed by atoms with Crippen LogP contribution in [0.15, 0.2) is 42.7 Å². The van der Waals surface area contributed by atoms with Crippen LogP contribution < -0.4 is 15.8 Å². The van der Waals surface area contributed by atoms with E-state index in [1.54, 1.807) is 24.3 Å². The first-order chi connectivity index (χ1) is 10.1. The molecule has 0 saturated heterocycles. The number of aromatic nitrogens is 1. The number of ether oxygens (including phenoxy) is 1. The molecule has 0 radical (unpaired) electrons. The van der Waals surface area contributed by atoms with Crippen LogP contribution in [0.3, 0.4) is 0 Å². The molecule has 108 valence electrons. The van der Waals surface area contributed by atoms with E-state index in [1.807, 2.05) is 0 Å². The Morgan fingerprint density at radius 1 is 1.43 bits per heavy atom. The standard InChI is InChI=1S/C14H13N3O3S/c15-13(21)8-20-10-3-1-2-9(6-10)17-14(19)11-4-5-16-7-12(11)18/h1-7,18H,8H2,(H2,15,21)(H,17,19). The third-order valence-corrected chi connectivity index (χ3v) is 2.64. The SMILES string of the molecule is NC(=S)COc1cccc(NC(=O)c2ccncc2O)c1. The quantitative estimate of drug-likeness (QED) is 0.727. The molecule has 0 unspecified atom stereocenters. The third kappa shape index (κ3) is 4.15. The first-order valence-corrected chi connectivity index (χ1v) is 6.42.